The van der Waals surface area contributed by atoms with Crippen molar-refractivity contribution in [3.63, 3.8) is 0 Å². The Morgan fingerprint density at radius 2 is 2.33 bits per heavy atom. The van der Waals surface area contributed by atoms with Crippen LogP contribution in [0.4, 0.5) is 5.82 Å². The third-order valence-electron chi connectivity index (χ3n) is 3.06. The zero-order valence-electron chi connectivity index (χ0n) is 6.79. The van der Waals surface area contributed by atoms with E-state index >= 15 is 0 Å². The van der Waals surface area contributed by atoms with Crippen LogP contribution >= 0.6 is 11.7 Å². The Morgan fingerprint density at radius 3 is 3.33 bits per heavy atom. The van der Waals surface area contributed by atoms with Crippen molar-refractivity contribution in [1.82, 2.24) is 8.75 Å². The van der Waals surface area contributed by atoms with Crippen LogP contribution in [0.15, 0.2) is 0 Å². The summed E-state index contributed by atoms with van der Waals surface area (Å²) in [6.07, 6.45) is 4.06. The lowest BCUT2D eigenvalue weighted by Crippen LogP contribution is -2.23. The molecule has 1 aliphatic carbocycles. The molecule has 3 nitrogen and oxygen atoms in total. The van der Waals surface area contributed by atoms with Crippen LogP contribution in [0.2, 0.25) is 0 Å². The van der Waals surface area contributed by atoms with E-state index in [0.717, 1.165) is 24.2 Å². The largest absolute Gasteiger partial charge is 0.367 e. The monoisotopic (exact) mass is 181 g/mol. The van der Waals surface area contributed by atoms with Crippen LogP contribution in [0.1, 0.15) is 30.9 Å². The number of fused-ring (bicyclic) bond motifs is 3. The minimum absolute atomic E-state index is 0.722. The highest BCUT2D eigenvalue weighted by Gasteiger charge is 2.35. The van der Waals surface area contributed by atoms with E-state index in [1.165, 1.54) is 36.7 Å². The highest BCUT2D eigenvalue weighted by Crippen LogP contribution is 2.44. The Hall–Kier alpha value is -0.640. The maximum atomic E-state index is 4.37. The molecule has 1 aromatic heterocycles. The van der Waals surface area contributed by atoms with Gasteiger partial charge in [0, 0.05) is 12.5 Å². The van der Waals surface area contributed by atoms with Crippen molar-refractivity contribution in [1.29, 1.82) is 0 Å². The second kappa shape index (κ2) is 2.42. The predicted octanol–water partition coefficient (Wildman–Crippen LogP) is 1.85. The lowest BCUT2D eigenvalue weighted by Gasteiger charge is -2.24. The predicted molar refractivity (Wildman–Crippen MR) is 48.5 cm³/mol. The van der Waals surface area contributed by atoms with Gasteiger partial charge in [0.05, 0.1) is 11.7 Å². The van der Waals surface area contributed by atoms with Gasteiger partial charge < -0.3 is 5.32 Å². The molecule has 12 heavy (non-hydrogen) atoms. The lowest BCUT2D eigenvalue weighted by atomic mass is 9.90. The molecule has 0 aromatic carbocycles. The van der Waals surface area contributed by atoms with E-state index in [9.17, 15) is 0 Å². The summed E-state index contributed by atoms with van der Waals surface area (Å²) in [4.78, 5) is 0. The van der Waals surface area contributed by atoms with Crippen molar-refractivity contribution in [3.05, 3.63) is 5.69 Å². The molecule has 0 amide bonds. The molecule has 1 aromatic rings. The lowest BCUT2D eigenvalue weighted by molar-refractivity contribution is 0.487. The van der Waals surface area contributed by atoms with Gasteiger partial charge in [0.15, 0.2) is 5.82 Å². The van der Waals surface area contributed by atoms with Crippen molar-refractivity contribution in [2.24, 2.45) is 5.92 Å². The van der Waals surface area contributed by atoms with E-state index < -0.39 is 0 Å². The minimum Gasteiger partial charge on any atom is -0.367 e. The summed E-state index contributed by atoms with van der Waals surface area (Å²) >= 11 is 1.34. The van der Waals surface area contributed by atoms with Crippen LogP contribution in [-0.2, 0) is 0 Å². The fourth-order valence-corrected chi connectivity index (χ4v) is 3.02. The molecular formula is C8H11N3S. The third-order valence-corrected chi connectivity index (χ3v) is 3.60. The molecule has 1 fully saturated rings. The van der Waals surface area contributed by atoms with Crippen LogP contribution in [0.5, 0.6) is 0 Å². The van der Waals surface area contributed by atoms with Gasteiger partial charge in [0.2, 0.25) is 0 Å². The first-order chi connectivity index (χ1) is 5.95. The van der Waals surface area contributed by atoms with Gasteiger partial charge in [0.25, 0.3) is 0 Å². The number of hydrogen-bond acceptors (Lipinski definition) is 4. The number of hydrogen-bond donors (Lipinski definition) is 1. The van der Waals surface area contributed by atoms with E-state index in [4.69, 9.17) is 0 Å². The molecule has 0 radical (unpaired) electrons. The van der Waals surface area contributed by atoms with E-state index in [-0.39, 0.29) is 0 Å². The van der Waals surface area contributed by atoms with E-state index in [2.05, 4.69) is 14.1 Å². The highest BCUT2D eigenvalue weighted by molar-refractivity contribution is 6.99. The Kier molecular flexibility index (Phi) is 1.38. The van der Waals surface area contributed by atoms with Crippen molar-refractivity contribution in [2.75, 3.05) is 11.9 Å². The maximum Gasteiger partial charge on any atom is 0.163 e. The van der Waals surface area contributed by atoms with Gasteiger partial charge in [0.1, 0.15) is 5.69 Å². The van der Waals surface area contributed by atoms with Crippen molar-refractivity contribution < 1.29 is 0 Å². The summed E-state index contributed by atoms with van der Waals surface area (Å²) < 4.78 is 8.60. The van der Waals surface area contributed by atoms with Crippen LogP contribution < -0.4 is 5.32 Å². The Labute approximate surface area is 75.5 Å². The summed E-state index contributed by atoms with van der Waals surface area (Å²) in [6.45, 7) is 1.11. The van der Waals surface area contributed by atoms with E-state index in [1.807, 2.05) is 0 Å². The second-order valence-electron chi connectivity index (χ2n) is 3.68. The van der Waals surface area contributed by atoms with Crippen molar-refractivity contribution in [3.8, 4) is 0 Å². The first-order valence-electron chi connectivity index (χ1n) is 4.51. The molecule has 64 valence electrons. The number of aromatic nitrogens is 2. The molecule has 3 rings (SSSR count). The maximum absolute atomic E-state index is 4.37. The quantitative estimate of drug-likeness (QED) is 0.663. The summed E-state index contributed by atoms with van der Waals surface area (Å²) in [7, 11) is 0. The summed E-state index contributed by atoms with van der Waals surface area (Å²) in [5, 5.41) is 3.35. The van der Waals surface area contributed by atoms with Crippen molar-refractivity contribution in [2.45, 2.75) is 25.2 Å². The van der Waals surface area contributed by atoms with Gasteiger partial charge in [-0.1, -0.05) is 6.42 Å². The molecule has 1 aliphatic heterocycles. The van der Waals surface area contributed by atoms with E-state index in [1.54, 1.807) is 0 Å². The van der Waals surface area contributed by atoms with Gasteiger partial charge in [-0.2, -0.15) is 8.75 Å². The van der Waals surface area contributed by atoms with Crippen LogP contribution in [-0.4, -0.2) is 15.3 Å². The molecule has 1 saturated carbocycles. The number of nitrogens with one attached hydrogen (secondary N) is 1. The SMILES string of the molecule is C1CC2CNc3nsnc3C2C1. The fraction of sp³-hybridized carbons (Fsp3) is 0.750. The first kappa shape index (κ1) is 6.83. The zero-order valence-corrected chi connectivity index (χ0v) is 7.60. The highest BCUT2D eigenvalue weighted by atomic mass is 32.1. The second-order valence-corrected chi connectivity index (χ2v) is 4.20. The fourth-order valence-electron chi connectivity index (χ4n) is 2.43. The molecular weight excluding hydrogens is 170 g/mol. The standard InChI is InChI=1S/C8H11N3S/c1-2-5-4-9-8-7(6(5)3-1)10-12-11-8/h5-6H,1-4H2,(H,9,11). The van der Waals surface area contributed by atoms with Gasteiger partial charge in [-0.15, -0.1) is 0 Å². The third kappa shape index (κ3) is 0.813. The normalized spacial score (nSPS) is 32.3. The number of anilines is 1. The zero-order chi connectivity index (χ0) is 7.97. The van der Waals surface area contributed by atoms with Gasteiger partial charge in [-0.3, -0.25) is 0 Å². The van der Waals surface area contributed by atoms with Gasteiger partial charge in [-0.05, 0) is 18.8 Å². The van der Waals surface area contributed by atoms with E-state index in [0.29, 0.717) is 0 Å². The molecule has 0 bridgehead atoms. The van der Waals surface area contributed by atoms with Crippen LogP contribution in [0.25, 0.3) is 0 Å². The Morgan fingerprint density at radius 1 is 1.33 bits per heavy atom. The first-order valence-corrected chi connectivity index (χ1v) is 5.24. The molecule has 4 heteroatoms. The molecule has 2 heterocycles. The number of nitrogens with zero attached hydrogens (tertiary/aromatic N) is 2. The van der Waals surface area contributed by atoms with Gasteiger partial charge >= 0.3 is 0 Å². The average Bonchev–Trinajstić information content (AvgIpc) is 2.71. The van der Waals surface area contributed by atoms with Gasteiger partial charge in [-0.25, -0.2) is 0 Å². The summed E-state index contributed by atoms with van der Waals surface area (Å²) in [5.41, 5.74) is 1.24. The minimum atomic E-state index is 0.722. The van der Waals surface area contributed by atoms with Crippen molar-refractivity contribution >= 4 is 17.5 Å². The topological polar surface area (TPSA) is 37.8 Å². The molecule has 0 saturated heterocycles. The van der Waals surface area contributed by atoms with Crippen LogP contribution in [0, 0.1) is 5.92 Å². The number of rotatable bonds is 0. The molecule has 1 N–H and O–H groups in total. The molecule has 2 unspecified atom stereocenters. The summed E-state index contributed by atoms with van der Waals surface area (Å²) in [5.74, 6) is 2.62. The molecule has 2 aliphatic rings. The smallest absolute Gasteiger partial charge is 0.163 e. The Balaban J connectivity index is 2.04. The molecule has 2 atom stereocenters. The summed E-state index contributed by atoms with van der Waals surface area (Å²) in [6, 6.07) is 0. The Bertz CT molecular complexity index is 296. The van der Waals surface area contributed by atoms with Crippen LogP contribution in [0.3, 0.4) is 0 Å². The molecule has 0 spiro atoms. The average molecular weight is 181 g/mol.